The van der Waals surface area contributed by atoms with Crippen molar-refractivity contribution < 1.29 is 4.42 Å². The van der Waals surface area contributed by atoms with Gasteiger partial charge in [0.2, 0.25) is 0 Å². The van der Waals surface area contributed by atoms with Crippen LogP contribution in [0.4, 0.5) is 0 Å². The fourth-order valence-electron chi connectivity index (χ4n) is 8.08. The summed E-state index contributed by atoms with van der Waals surface area (Å²) in [5, 5.41) is 4.69. The van der Waals surface area contributed by atoms with Crippen LogP contribution in [0, 0.1) is 0 Å². The van der Waals surface area contributed by atoms with Crippen molar-refractivity contribution in [1.82, 2.24) is 19.5 Å². The third-order valence-corrected chi connectivity index (χ3v) is 10.7. The smallest absolute Gasteiger partial charge is 0.164 e. The van der Waals surface area contributed by atoms with E-state index in [0.717, 1.165) is 77.6 Å². The SMILES string of the molecule is c1ccc(-c2nc(-c3ccccc3)nc(-c3ccccc3-c3ccc(-n4c5ccccc5c5ccc(-c6cccc7oc8ccccc8c67)cc54)cc3)n2)cc1. The van der Waals surface area contributed by atoms with E-state index in [4.69, 9.17) is 19.4 Å². The Bertz CT molecular complexity index is 3180. The fourth-order valence-corrected chi connectivity index (χ4v) is 8.08. The maximum atomic E-state index is 6.26. The molecule has 0 unspecified atom stereocenters. The van der Waals surface area contributed by atoms with E-state index < -0.39 is 0 Å². The molecule has 0 spiro atoms. The second-order valence-corrected chi connectivity index (χ2v) is 14.0. The lowest BCUT2D eigenvalue weighted by Crippen LogP contribution is -2.01. The van der Waals surface area contributed by atoms with Crippen LogP contribution in [0.1, 0.15) is 0 Å². The van der Waals surface area contributed by atoms with Gasteiger partial charge in [-0.2, -0.15) is 0 Å². The first-order valence-corrected chi connectivity index (χ1v) is 18.8. The van der Waals surface area contributed by atoms with Gasteiger partial charge in [0.05, 0.1) is 11.0 Å². The molecule has 3 heterocycles. The zero-order valence-corrected chi connectivity index (χ0v) is 30.2. The van der Waals surface area contributed by atoms with Gasteiger partial charge in [0.25, 0.3) is 0 Å². The van der Waals surface area contributed by atoms with Gasteiger partial charge >= 0.3 is 0 Å². The van der Waals surface area contributed by atoms with Crippen LogP contribution in [0.15, 0.2) is 199 Å². The van der Waals surface area contributed by atoms with Gasteiger partial charge in [-0.1, -0.05) is 158 Å². The van der Waals surface area contributed by atoms with Gasteiger partial charge in [0.1, 0.15) is 11.2 Å². The highest BCUT2D eigenvalue weighted by Crippen LogP contribution is 2.40. The number of para-hydroxylation sites is 2. The highest BCUT2D eigenvalue weighted by Gasteiger charge is 2.18. The van der Waals surface area contributed by atoms with Crippen LogP contribution in [-0.4, -0.2) is 19.5 Å². The average molecular weight is 717 g/mol. The first-order valence-electron chi connectivity index (χ1n) is 18.8. The summed E-state index contributed by atoms with van der Waals surface area (Å²) in [7, 11) is 0. The Balaban J connectivity index is 1.04. The van der Waals surface area contributed by atoms with Gasteiger partial charge in [-0.05, 0) is 58.7 Å². The van der Waals surface area contributed by atoms with Crippen molar-refractivity contribution in [3.63, 3.8) is 0 Å². The number of fused-ring (bicyclic) bond motifs is 6. The van der Waals surface area contributed by atoms with Gasteiger partial charge in [-0.15, -0.1) is 0 Å². The Morgan fingerprint density at radius 2 is 0.893 bits per heavy atom. The minimum atomic E-state index is 0.632. The van der Waals surface area contributed by atoms with E-state index in [-0.39, 0.29) is 0 Å². The molecule has 5 heteroatoms. The van der Waals surface area contributed by atoms with E-state index in [9.17, 15) is 0 Å². The molecule has 262 valence electrons. The lowest BCUT2D eigenvalue weighted by Gasteiger charge is -2.13. The van der Waals surface area contributed by atoms with Crippen LogP contribution >= 0.6 is 0 Å². The number of furan rings is 1. The number of hydrogen-bond donors (Lipinski definition) is 0. The molecule has 0 aliphatic carbocycles. The number of benzene rings is 8. The topological polar surface area (TPSA) is 56.7 Å². The molecule has 8 aromatic carbocycles. The second kappa shape index (κ2) is 13.0. The fraction of sp³-hybridized carbons (Fsp3) is 0. The second-order valence-electron chi connectivity index (χ2n) is 14.0. The van der Waals surface area contributed by atoms with Gasteiger partial charge in [-0.3, -0.25) is 0 Å². The van der Waals surface area contributed by atoms with Gasteiger partial charge in [0.15, 0.2) is 17.5 Å². The minimum Gasteiger partial charge on any atom is -0.456 e. The van der Waals surface area contributed by atoms with Crippen LogP contribution < -0.4 is 0 Å². The van der Waals surface area contributed by atoms with Crippen molar-refractivity contribution in [1.29, 1.82) is 0 Å². The molecule has 0 atom stereocenters. The lowest BCUT2D eigenvalue weighted by molar-refractivity contribution is 0.669. The van der Waals surface area contributed by atoms with Crippen LogP contribution in [0.5, 0.6) is 0 Å². The quantitative estimate of drug-likeness (QED) is 0.172. The molecule has 3 aromatic heterocycles. The zero-order chi connectivity index (χ0) is 37.0. The van der Waals surface area contributed by atoms with Gasteiger partial charge in [0, 0.05) is 43.9 Å². The summed E-state index contributed by atoms with van der Waals surface area (Å²) in [6.07, 6.45) is 0. The Labute approximate surface area is 322 Å². The summed E-state index contributed by atoms with van der Waals surface area (Å²) in [4.78, 5) is 15.0. The molecule has 0 amide bonds. The minimum absolute atomic E-state index is 0.632. The van der Waals surface area contributed by atoms with Crippen LogP contribution in [0.3, 0.4) is 0 Å². The number of aromatic nitrogens is 4. The van der Waals surface area contributed by atoms with Crippen molar-refractivity contribution >= 4 is 43.7 Å². The van der Waals surface area contributed by atoms with E-state index in [2.05, 4.69) is 120 Å². The van der Waals surface area contributed by atoms with Gasteiger partial charge in [-0.25, -0.2) is 15.0 Å². The molecule has 0 saturated carbocycles. The molecule has 11 aromatic rings. The van der Waals surface area contributed by atoms with Crippen molar-refractivity contribution in [2.75, 3.05) is 0 Å². The van der Waals surface area contributed by atoms with Crippen molar-refractivity contribution in [3.05, 3.63) is 194 Å². The van der Waals surface area contributed by atoms with Crippen LogP contribution in [-0.2, 0) is 0 Å². The third-order valence-electron chi connectivity index (χ3n) is 10.7. The lowest BCUT2D eigenvalue weighted by atomic mass is 9.98. The summed E-state index contributed by atoms with van der Waals surface area (Å²) in [5.41, 5.74) is 12.4. The van der Waals surface area contributed by atoms with E-state index in [0.29, 0.717) is 17.5 Å². The molecule has 0 fully saturated rings. The Morgan fingerprint density at radius 3 is 1.64 bits per heavy atom. The predicted octanol–water partition coefficient (Wildman–Crippen LogP) is 13.2. The average Bonchev–Trinajstić information content (AvgIpc) is 3.83. The van der Waals surface area contributed by atoms with Gasteiger partial charge < -0.3 is 8.98 Å². The Hall–Kier alpha value is -7.63. The van der Waals surface area contributed by atoms with Crippen LogP contribution in [0.2, 0.25) is 0 Å². The van der Waals surface area contributed by atoms with E-state index in [1.807, 2.05) is 78.9 Å². The van der Waals surface area contributed by atoms with E-state index >= 15 is 0 Å². The Kier molecular flexibility index (Phi) is 7.42. The normalized spacial score (nSPS) is 11.6. The zero-order valence-electron chi connectivity index (χ0n) is 30.2. The largest absolute Gasteiger partial charge is 0.456 e. The molecule has 5 nitrogen and oxygen atoms in total. The summed E-state index contributed by atoms with van der Waals surface area (Å²) in [5.74, 6) is 1.91. The molecule has 0 radical (unpaired) electrons. The maximum absolute atomic E-state index is 6.26. The Morgan fingerprint density at radius 1 is 0.339 bits per heavy atom. The first-order chi connectivity index (χ1) is 27.8. The highest BCUT2D eigenvalue weighted by molar-refractivity contribution is 6.14. The number of hydrogen-bond acceptors (Lipinski definition) is 4. The van der Waals surface area contributed by atoms with Crippen LogP contribution in [0.25, 0.3) is 106 Å². The monoisotopic (exact) mass is 716 g/mol. The molecule has 11 rings (SSSR count). The standard InChI is InChI=1S/C51H32N4O/c1-3-14-34(15-4-1)49-52-50(35-16-5-2-6-17-35)54-51(53-49)42-20-8-7-18-38(42)33-26-29-37(30-27-33)55-44-23-11-9-19-40(44)41-31-28-36(32-45(41)55)39-22-13-25-47-48(39)43-21-10-12-24-46(43)56-47/h1-32H. The molecular weight excluding hydrogens is 685 g/mol. The predicted molar refractivity (Wildman–Crippen MR) is 229 cm³/mol. The van der Waals surface area contributed by atoms with Crippen molar-refractivity contribution in [2.45, 2.75) is 0 Å². The first kappa shape index (κ1) is 31.9. The number of nitrogens with zero attached hydrogens (tertiary/aromatic N) is 4. The van der Waals surface area contributed by atoms with E-state index in [1.165, 1.54) is 10.8 Å². The summed E-state index contributed by atoms with van der Waals surface area (Å²) < 4.78 is 8.64. The maximum Gasteiger partial charge on any atom is 0.164 e. The summed E-state index contributed by atoms with van der Waals surface area (Å²) >= 11 is 0. The molecule has 0 aliphatic rings. The van der Waals surface area contributed by atoms with Crippen molar-refractivity contribution in [3.8, 4) is 62.1 Å². The van der Waals surface area contributed by atoms with Crippen molar-refractivity contribution in [2.24, 2.45) is 0 Å². The molecule has 56 heavy (non-hydrogen) atoms. The van der Waals surface area contributed by atoms with E-state index in [1.54, 1.807) is 0 Å². The third kappa shape index (κ3) is 5.29. The highest BCUT2D eigenvalue weighted by atomic mass is 16.3. The molecule has 0 saturated heterocycles. The number of rotatable bonds is 6. The molecule has 0 bridgehead atoms. The summed E-state index contributed by atoms with van der Waals surface area (Å²) in [6.45, 7) is 0. The summed E-state index contributed by atoms with van der Waals surface area (Å²) in [6, 6.07) is 67.5. The molecule has 0 N–H and O–H groups in total. The molecule has 0 aliphatic heterocycles. The molecular formula is C51H32N4O.